The smallest absolute Gasteiger partial charge is 0.130 e. The molecule has 0 unspecified atom stereocenters. The highest BCUT2D eigenvalue weighted by Crippen LogP contribution is 2.13. The summed E-state index contributed by atoms with van der Waals surface area (Å²) in [5, 5.41) is 0. The highest BCUT2D eigenvalue weighted by molar-refractivity contribution is 5.75. The van der Waals surface area contributed by atoms with Gasteiger partial charge in [-0.1, -0.05) is 6.07 Å². The third kappa shape index (κ3) is 2.61. The molecule has 1 aromatic rings. The summed E-state index contributed by atoms with van der Waals surface area (Å²) in [6.07, 6.45) is 0.311. The fraction of sp³-hybridized carbons (Fsp3) is 0.300. The molecule has 0 aromatic heterocycles. The Kier molecular flexibility index (Phi) is 3.12. The van der Waals surface area contributed by atoms with E-state index in [1.54, 1.807) is 0 Å². The molecule has 13 heavy (non-hydrogen) atoms. The van der Waals surface area contributed by atoms with Crippen molar-refractivity contribution in [2.24, 2.45) is 0 Å². The van der Waals surface area contributed by atoms with E-state index in [0.717, 1.165) is 0 Å². The summed E-state index contributed by atoms with van der Waals surface area (Å²) in [5.41, 5.74) is -0.00213. The molecule has 0 aliphatic rings. The largest absolute Gasteiger partial charge is 0.300 e. The molecule has 0 amide bonds. The Hall–Kier alpha value is -1.25. The van der Waals surface area contributed by atoms with Gasteiger partial charge in [0.15, 0.2) is 0 Å². The van der Waals surface area contributed by atoms with Crippen LogP contribution >= 0.6 is 0 Å². The molecule has 1 rings (SSSR count). The normalized spacial score (nSPS) is 10.1. The van der Waals surface area contributed by atoms with Crippen molar-refractivity contribution in [3.05, 3.63) is 35.4 Å². The minimum absolute atomic E-state index is 0.00213. The molecule has 0 aliphatic heterocycles. The average molecular weight is 184 g/mol. The predicted molar refractivity (Wildman–Crippen MR) is 45.4 cm³/mol. The molecule has 3 heteroatoms. The number of hydrogen-bond donors (Lipinski definition) is 0. The molecular weight excluding hydrogens is 174 g/mol. The molecule has 1 aromatic carbocycles. The Labute approximate surface area is 75.4 Å². The lowest BCUT2D eigenvalue weighted by molar-refractivity contribution is -0.116. The lowest BCUT2D eigenvalue weighted by Crippen LogP contribution is -1.99. The van der Waals surface area contributed by atoms with Crippen molar-refractivity contribution in [2.45, 2.75) is 19.8 Å². The first-order valence-corrected chi connectivity index (χ1v) is 4.03. The van der Waals surface area contributed by atoms with E-state index in [1.807, 2.05) is 0 Å². The van der Waals surface area contributed by atoms with E-state index in [9.17, 15) is 13.6 Å². The van der Waals surface area contributed by atoms with E-state index in [2.05, 4.69) is 0 Å². The summed E-state index contributed by atoms with van der Waals surface area (Å²) < 4.78 is 25.9. The number of benzene rings is 1. The summed E-state index contributed by atoms with van der Waals surface area (Å²) in [6.45, 7) is 1.40. The second-order valence-electron chi connectivity index (χ2n) is 2.90. The lowest BCUT2D eigenvalue weighted by atomic mass is 10.1. The van der Waals surface area contributed by atoms with Crippen molar-refractivity contribution in [3.8, 4) is 0 Å². The van der Waals surface area contributed by atoms with E-state index >= 15 is 0 Å². The maximum atomic E-state index is 12.9. The highest BCUT2D eigenvalue weighted by atomic mass is 19.1. The third-order valence-electron chi connectivity index (χ3n) is 1.79. The first kappa shape index (κ1) is 9.84. The molecule has 0 saturated carbocycles. The molecule has 0 aliphatic carbocycles. The summed E-state index contributed by atoms with van der Waals surface area (Å²) in [4.78, 5) is 10.6. The molecule has 0 saturated heterocycles. The van der Waals surface area contributed by atoms with Crippen LogP contribution in [0, 0.1) is 11.6 Å². The topological polar surface area (TPSA) is 17.1 Å². The first-order valence-electron chi connectivity index (χ1n) is 4.03. The van der Waals surface area contributed by atoms with Crippen LogP contribution in [0.3, 0.4) is 0 Å². The van der Waals surface area contributed by atoms with Gasteiger partial charge in [-0.15, -0.1) is 0 Å². The molecule has 70 valence electrons. The van der Waals surface area contributed by atoms with E-state index in [0.29, 0.717) is 0 Å². The monoisotopic (exact) mass is 184 g/mol. The maximum absolute atomic E-state index is 12.9. The third-order valence-corrected chi connectivity index (χ3v) is 1.79. The zero-order chi connectivity index (χ0) is 9.84. The van der Waals surface area contributed by atoms with Gasteiger partial charge in [0.1, 0.15) is 17.4 Å². The van der Waals surface area contributed by atoms with Crippen molar-refractivity contribution < 1.29 is 13.6 Å². The van der Waals surface area contributed by atoms with Crippen LogP contribution in [0.25, 0.3) is 0 Å². The quantitative estimate of drug-likeness (QED) is 0.705. The minimum Gasteiger partial charge on any atom is -0.300 e. The second-order valence-corrected chi connectivity index (χ2v) is 2.90. The fourth-order valence-corrected chi connectivity index (χ4v) is 1.07. The van der Waals surface area contributed by atoms with Crippen LogP contribution in [0.1, 0.15) is 18.9 Å². The average Bonchev–Trinajstić information content (AvgIpc) is 2.03. The van der Waals surface area contributed by atoms with E-state index < -0.39 is 11.6 Å². The Balaban J connectivity index is 2.81. The van der Waals surface area contributed by atoms with Gasteiger partial charge in [0.2, 0.25) is 0 Å². The van der Waals surface area contributed by atoms with Crippen LogP contribution in [0.15, 0.2) is 18.2 Å². The van der Waals surface area contributed by atoms with Gasteiger partial charge < -0.3 is 4.79 Å². The lowest BCUT2D eigenvalue weighted by Gasteiger charge is -2.02. The van der Waals surface area contributed by atoms with Gasteiger partial charge in [-0.25, -0.2) is 8.78 Å². The zero-order valence-corrected chi connectivity index (χ0v) is 7.31. The molecular formula is C10H10F2O. The Morgan fingerprint density at radius 2 is 1.85 bits per heavy atom. The molecule has 0 heterocycles. The number of halogens is 2. The van der Waals surface area contributed by atoms with Crippen molar-refractivity contribution in [1.82, 2.24) is 0 Å². The molecule has 1 nitrogen and oxygen atoms in total. The van der Waals surface area contributed by atoms with Crippen LogP contribution in [0.5, 0.6) is 0 Å². The van der Waals surface area contributed by atoms with Gasteiger partial charge in [0.05, 0.1) is 0 Å². The Morgan fingerprint density at radius 3 is 2.31 bits per heavy atom. The number of hydrogen-bond acceptors (Lipinski definition) is 1. The summed E-state index contributed by atoms with van der Waals surface area (Å²) in [6, 6.07) is 3.69. The Bertz CT molecular complexity index is 300. The Morgan fingerprint density at radius 1 is 1.31 bits per heavy atom. The van der Waals surface area contributed by atoms with Gasteiger partial charge in [0, 0.05) is 12.0 Å². The van der Waals surface area contributed by atoms with Crippen molar-refractivity contribution >= 4 is 5.78 Å². The van der Waals surface area contributed by atoms with Gasteiger partial charge in [-0.2, -0.15) is 0 Å². The molecule has 0 atom stereocenters. The van der Waals surface area contributed by atoms with Crippen molar-refractivity contribution in [2.75, 3.05) is 0 Å². The van der Waals surface area contributed by atoms with Crippen molar-refractivity contribution in [1.29, 1.82) is 0 Å². The number of ketones is 1. The first-order chi connectivity index (χ1) is 6.11. The molecule has 0 fully saturated rings. The predicted octanol–water partition coefficient (Wildman–Crippen LogP) is 2.49. The van der Waals surface area contributed by atoms with Gasteiger partial charge >= 0.3 is 0 Å². The van der Waals surface area contributed by atoms with Crippen LogP contribution in [-0.4, -0.2) is 5.78 Å². The number of rotatable bonds is 3. The zero-order valence-electron chi connectivity index (χ0n) is 7.31. The van der Waals surface area contributed by atoms with Gasteiger partial charge in [-0.05, 0) is 25.5 Å². The standard InChI is InChI=1S/C10H10F2O/c1-7(13)5-6-8-9(11)3-2-4-10(8)12/h2-4H,5-6H2,1H3. The minimum atomic E-state index is -0.582. The molecule has 0 radical (unpaired) electrons. The van der Waals surface area contributed by atoms with Crippen molar-refractivity contribution in [3.63, 3.8) is 0 Å². The SMILES string of the molecule is CC(=O)CCc1c(F)cccc1F. The van der Waals surface area contributed by atoms with E-state index in [4.69, 9.17) is 0 Å². The maximum Gasteiger partial charge on any atom is 0.130 e. The van der Waals surface area contributed by atoms with Gasteiger partial charge in [0.25, 0.3) is 0 Å². The fourth-order valence-electron chi connectivity index (χ4n) is 1.07. The summed E-state index contributed by atoms with van der Waals surface area (Å²) in [5.74, 6) is -1.23. The van der Waals surface area contributed by atoms with E-state index in [1.165, 1.54) is 25.1 Å². The van der Waals surface area contributed by atoms with E-state index in [-0.39, 0.29) is 24.2 Å². The van der Waals surface area contributed by atoms with Gasteiger partial charge in [-0.3, -0.25) is 0 Å². The van der Waals surface area contributed by atoms with Crippen LogP contribution in [-0.2, 0) is 11.2 Å². The molecule has 0 spiro atoms. The summed E-state index contributed by atoms with van der Waals surface area (Å²) in [7, 11) is 0. The van der Waals surface area contributed by atoms with Crippen LogP contribution < -0.4 is 0 Å². The molecule has 0 N–H and O–H groups in total. The number of Topliss-reactive ketones (excluding diaryl/α,β-unsaturated/α-hetero) is 1. The van der Waals surface area contributed by atoms with Crippen LogP contribution in [0.2, 0.25) is 0 Å². The summed E-state index contributed by atoms with van der Waals surface area (Å²) >= 11 is 0. The number of carbonyl (C=O) groups is 1. The van der Waals surface area contributed by atoms with Crippen LogP contribution in [0.4, 0.5) is 8.78 Å². The molecule has 0 bridgehead atoms. The highest BCUT2D eigenvalue weighted by Gasteiger charge is 2.08. The second kappa shape index (κ2) is 4.12. The number of carbonyl (C=O) groups excluding carboxylic acids is 1.